The highest BCUT2D eigenvalue weighted by Crippen LogP contribution is 2.31. The predicted molar refractivity (Wildman–Crippen MR) is 96.4 cm³/mol. The van der Waals surface area contributed by atoms with Crippen LogP contribution in [0.3, 0.4) is 0 Å². The molecule has 0 unspecified atom stereocenters. The summed E-state index contributed by atoms with van der Waals surface area (Å²) in [6.45, 7) is 1.98. The molecule has 3 aromatic rings. The standard InChI is InChI=1S/C18H21N5OS/c1-12-20-14(11-25-12)18-21-17(9-13-5-4-8-19-10-13)23(22-18)15-6-2-3-7-16(15)24/h4-5,8,10-11,15-16,24H,2-3,6-7,9H2,1H3/t15-,16-/m1/s1. The first-order valence-electron chi connectivity index (χ1n) is 8.65. The van der Waals surface area contributed by atoms with Crippen molar-refractivity contribution < 1.29 is 5.11 Å². The Kier molecular flexibility index (Phi) is 4.59. The van der Waals surface area contributed by atoms with Crippen molar-refractivity contribution in [3.63, 3.8) is 0 Å². The summed E-state index contributed by atoms with van der Waals surface area (Å²) >= 11 is 1.59. The van der Waals surface area contributed by atoms with Gasteiger partial charge in [-0.2, -0.15) is 0 Å². The van der Waals surface area contributed by atoms with Crippen molar-refractivity contribution in [1.29, 1.82) is 0 Å². The second kappa shape index (κ2) is 7.01. The van der Waals surface area contributed by atoms with Gasteiger partial charge < -0.3 is 5.11 Å². The molecule has 7 heteroatoms. The number of hydrogen-bond donors (Lipinski definition) is 1. The average molecular weight is 355 g/mol. The van der Waals surface area contributed by atoms with E-state index in [0.717, 1.165) is 47.8 Å². The Bertz CT molecular complexity index is 844. The van der Waals surface area contributed by atoms with Crippen LogP contribution in [0.25, 0.3) is 11.5 Å². The van der Waals surface area contributed by atoms with Crippen LogP contribution >= 0.6 is 11.3 Å². The van der Waals surface area contributed by atoms with E-state index in [1.807, 2.05) is 35.3 Å². The van der Waals surface area contributed by atoms with E-state index in [0.29, 0.717) is 12.2 Å². The second-order valence-electron chi connectivity index (χ2n) is 6.51. The third-order valence-corrected chi connectivity index (χ3v) is 5.42. The van der Waals surface area contributed by atoms with Crippen molar-refractivity contribution in [1.82, 2.24) is 24.7 Å². The minimum atomic E-state index is -0.367. The SMILES string of the molecule is Cc1nc(-c2nc(Cc3cccnc3)n([C@@H]3CCCC[C@H]3O)n2)cs1. The molecule has 6 nitrogen and oxygen atoms in total. The molecule has 3 aromatic heterocycles. The van der Waals surface area contributed by atoms with Gasteiger partial charge in [-0.1, -0.05) is 18.9 Å². The predicted octanol–water partition coefficient (Wildman–Crippen LogP) is 3.17. The summed E-state index contributed by atoms with van der Waals surface area (Å²) in [6, 6.07) is 3.95. The number of nitrogens with zero attached hydrogens (tertiary/aromatic N) is 5. The lowest BCUT2D eigenvalue weighted by Crippen LogP contribution is -2.29. The number of pyridine rings is 1. The van der Waals surface area contributed by atoms with Crippen molar-refractivity contribution in [3.05, 3.63) is 46.3 Å². The molecule has 1 aliphatic carbocycles. The zero-order valence-electron chi connectivity index (χ0n) is 14.2. The fourth-order valence-corrected chi connectivity index (χ4v) is 3.97. The van der Waals surface area contributed by atoms with E-state index in [9.17, 15) is 5.11 Å². The smallest absolute Gasteiger partial charge is 0.200 e. The van der Waals surface area contributed by atoms with Crippen LogP contribution in [0.1, 0.15) is 48.1 Å². The molecule has 0 bridgehead atoms. The van der Waals surface area contributed by atoms with Crippen LogP contribution in [0.2, 0.25) is 0 Å². The maximum absolute atomic E-state index is 10.5. The quantitative estimate of drug-likeness (QED) is 0.778. The topological polar surface area (TPSA) is 76.7 Å². The Balaban J connectivity index is 1.72. The molecule has 1 N–H and O–H groups in total. The van der Waals surface area contributed by atoms with Gasteiger partial charge in [0.1, 0.15) is 11.5 Å². The Morgan fingerprint density at radius 1 is 1.28 bits per heavy atom. The minimum absolute atomic E-state index is 0.0126. The Morgan fingerprint density at radius 3 is 2.88 bits per heavy atom. The number of aliphatic hydroxyl groups is 1. The molecular weight excluding hydrogens is 334 g/mol. The Morgan fingerprint density at radius 2 is 2.16 bits per heavy atom. The van der Waals surface area contributed by atoms with Crippen LogP contribution in [0, 0.1) is 6.92 Å². The van der Waals surface area contributed by atoms with E-state index in [2.05, 4.69) is 9.97 Å². The molecular formula is C18H21N5OS. The van der Waals surface area contributed by atoms with Crippen LogP contribution in [0.5, 0.6) is 0 Å². The van der Waals surface area contributed by atoms with Gasteiger partial charge >= 0.3 is 0 Å². The van der Waals surface area contributed by atoms with Crippen molar-refractivity contribution in [2.45, 2.75) is 51.2 Å². The summed E-state index contributed by atoms with van der Waals surface area (Å²) in [6.07, 6.45) is 7.83. The van der Waals surface area contributed by atoms with E-state index >= 15 is 0 Å². The van der Waals surface area contributed by atoms with Gasteiger partial charge in [-0.15, -0.1) is 16.4 Å². The molecule has 1 saturated carbocycles. The fourth-order valence-electron chi connectivity index (χ4n) is 3.38. The van der Waals surface area contributed by atoms with Crippen LogP contribution < -0.4 is 0 Å². The third-order valence-electron chi connectivity index (χ3n) is 4.64. The minimum Gasteiger partial charge on any atom is -0.391 e. The van der Waals surface area contributed by atoms with Gasteiger partial charge in [0, 0.05) is 24.2 Å². The third kappa shape index (κ3) is 3.48. The highest BCUT2D eigenvalue weighted by Gasteiger charge is 2.28. The molecule has 25 heavy (non-hydrogen) atoms. The van der Waals surface area contributed by atoms with E-state index in [4.69, 9.17) is 10.1 Å². The second-order valence-corrected chi connectivity index (χ2v) is 7.57. The van der Waals surface area contributed by atoms with E-state index in [1.54, 1.807) is 17.5 Å². The monoisotopic (exact) mass is 355 g/mol. The van der Waals surface area contributed by atoms with E-state index < -0.39 is 0 Å². The number of rotatable bonds is 4. The molecule has 4 rings (SSSR count). The van der Waals surface area contributed by atoms with E-state index in [1.165, 1.54) is 0 Å². The lowest BCUT2D eigenvalue weighted by Gasteiger charge is -2.28. The van der Waals surface area contributed by atoms with E-state index in [-0.39, 0.29) is 12.1 Å². The summed E-state index contributed by atoms with van der Waals surface area (Å²) in [4.78, 5) is 13.5. The average Bonchev–Trinajstić information content (AvgIpc) is 3.23. The first-order chi connectivity index (χ1) is 12.2. The van der Waals surface area contributed by atoms with Crippen molar-refractivity contribution in [2.24, 2.45) is 0 Å². The summed E-state index contributed by atoms with van der Waals surface area (Å²) in [5, 5.41) is 18.2. The van der Waals surface area contributed by atoms with Gasteiger partial charge in [-0.3, -0.25) is 4.98 Å². The van der Waals surface area contributed by atoms with Crippen molar-refractivity contribution in [3.8, 4) is 11.5 Å². The lowest BCUT2D eigenvalue weighted by atomic mass is 9.92. The van der Waals surface area contributed by atoms with Crippen molar-refractivity contribution in [2.75, 3.05) is 0 Å². The molecule has 0 saturated heterocycles. The molecule has 0 aromatic carbocycles. The Hall–Kier alpha value is -2.12. The van der Waals surface area contributed by atoms with Gasteiger partial charge in [-0.25, -0.2) is 14.6 Å². The van der Waals surface area contributed by atoms with Crippen LogP contribution in [-0.4, -0.2) is 35.9 Å². The largest absolute Gasteiger partial charge is 0.391 e. The zero-order valence-corrected chi connectivity index (χ0v) is 15.0. The first kappa shape index (κ1) is 16.4. The molecule has 1 fully saturated rings. The normalized spacial score (nSPS) is 20.7. The molecule has 0 spiro atoms. The fraction of sp³-hybridized carbons (Fsp3) is 0.444. The molecule has 3 heterocycles. The van der Waals surface area contributed by atoms with Crippen molar-refractivity contribution >= 4 is 11.3 Å². The summed E-state index contributed by atoms with van der Waals surface area (Å²) in [7, 11) is 0. The number of aryl methyl sites for hydroxylation is 1. The molecule has 2 atom stereocenters. The lowest BCUT2D eigenvalue weighted by molar-refractivity contribution is 0.0679. The van der Waals surface area contributed by atoms with Gasteiger partial charge in [0.05, 0.1) is 17.2 Å². The molecule has 1 aliphatic rings. The van der Waals surface area contributed by atoms with Gasteiger partial charge in [0.25, 0.3) is 0 Å². The summed E-state index contributed by atoms with van der Waals surface area (Å²) in [5.74, 6) is 1.50. The molecule has 130 valence electrons. The van der Waals surface area contributed by atoms with Crippen LogP contribution in [-0.2, 0) is 6.42 Å². The first-order valence-corrected chi connectivity index (χ1v) is 9.53. The van der Waals surface area contributed by atoms with Gasteiger partial charge in [-0.05, 0) is 31.4 Å². The maximum Gasteiger partial charge on any atom is 0.200 e. The molecule has 0 aliphatic heterocycles. The highest BCUT2D eigenvalue weighted by atomic mass is 32.1. The zero-order chi connectivity index (χ0) is 17.2. The van der Waals surface area contributed by atoms with Crippen LogP contribution in [0.4, 0.5) is 0 Å². The van der Waals surface area contributed by atoms with Gasteiger partial charge in [0.2, 0.25) is 5.82 Å². The highest BCUT2D eigenvalue weighted by molar-refractivity contribution is 7.09. The Labute approximate surface area is 150 Å². The number of aromatic nitrogens is 5. The number of hydrogen-bond acceptors (Lipinski definition) is 6. The van der Waals surface area contributed by atoms with Gasteiger partial charge in [0.15, 0.2) is 0 Å². The maximum atomic E-state index is 10.5. The summed E-state index contributed by atoms with van der Waals surface area (Å²) < 4.78 is 1.93. The molecule has 0 radical (unpaired) electrons. The summed E-state index contributed by atoms with van der Waals surface area (Å²) in [5.41, 5.74) is 1.89. The molecule has 0 amide bonds. The van der Waals surface area contributed by atoms with Crippen LogP contribution in [0.15, 0.2) is 29.9 Å². The number of aliphatic hydroxyl groups excluding tert-OH is 1. The number of thiazole rings is 1.